The highest BCUT2D eigenvalue weighted by atomic mass is 16.7. The Hall–Kier alpha value is -3.15. The van der Waals surface area contributed by atoms with Crippen LogP contribution in [-0.4, -0.2) is 23.6 Å². The molecular formula is C17H12N2O4. The van der Waals surface area contributed by atoms with E-state index in [9.17, 15) is 0 Å². The zero-order valence-electron chi connectivity index (χ0n) is 12.0. The van der Waals surface area contributed by atoms with Gasteiger partial charge in [0.15, 0.2) is 0 Å². The van der Waals surface area contributed by atoms with Gasteiger partial charge in [-0.2, -0.15) is 0 Å². The molecule has 0 unspecified atom stereocenters. The van der Waals surface area contributed by atoms with E-state index in [1.807, 2.05) is 36.4 Å². The van der Waals surface area contributed by atoms with Crippen LogP contribution in [0.2, 0.25) is 0 Å². The Bertz CT molecular complexity index is 831. The summed E-state index contributed by atoms with van der Waals surface area (Å²) < 4.78 is 21.9. The molecule has 3 aromatic rings. The van der Waals surface area contributed by atoms with Gasteiger partial charge in [-0.3, -0.25) is 0 Å². The fourth-order valence-electron chi connectivity index (χ4n) is 2.85. The number of aromatic amines is 1. The van der Waals surface area contributed by atoms with E-state index in [0.29, 0.717) is 0 Å². The average Bonchev–Trinajstić information content (AvgIpc) is 3.05. The van der Waals surface area contributed by atoms with Gasteiger partial charge in [0.1, 0.15) is 23.0 Å². The molecule has 5 rings (SSSR count). The van der Waals surface area contributed by atoms with Crippen LogP contribution >= 0.6 is 0 Å². The van der Waals surface area contributed by atoms with E-state index in [1.54, 1.807) is 6.33 Å². The van der Waals surface area contributed by atoms with Crippen molar-refractivity contribution in [3.05, 3.63) is 42.7 Å². The first kappa shape index (κ1) is 12.4. The van der Waals surface area contributed by atoms with Crippen molar-refractivity contribution in [2.75, 3.05) is 13.6 Å². The number of ether oxygens (including phenoxy) is 4. The third-order valence-electron chi connectivity index (χ3n) is 3.95. The topological polar surface area (TPSA) is 65.6 Å². The number of hydrogen-bond donors (Lipinski definition) is 1. The Morgan fingerprint density at radius 1 is 0.783 bits per heavy atom. The third-order valence-corrected chi connectivity index (χ3v) is 3.95. The highest BCUT2D eigenvalue weighted by Gasteiger charge is 2.21. The van der Waals surface area contributed by atoms with Crippen molar-refractivity contribution in [2.24, 2.45) is 0 Å². The average molecular weight is 308 g/mol. The van der Waals surface area contributed by atoms with E-state index in [4.69, 9.17) is 18.9 Å². The van der Waals surface area contributed by atoms with Gasteiger partial charge < -0.3 is 23.9 Å². The van der Waals surface area contributed by atoms with Crippen molar-refractivity contribution < 1.29 is 18.9 Å². The lowest BCUT2D eigenvalue weighted by Gasteiger charge is -2.20. The minimum absolute atomic E-state index is 0.217. The summed E-state index contributed by atoms with van der Waals surface area (Å²) in [6.45, 7) is 0.439. The highest BCUT2D eigenvalue weighted by molar-refractivity contribution is 5.84. The maximum absolute atomic E-state index is 5.59. The van der Waals surface area contributed by atoms with E-state index in [-0.39, 0.29) is 13.6 Å². The van der Waals surface area contributed by atoms with Gasteiger partial charge >= 0.3 is 0 Å². The lowest BCUT2D eigenvalue weighted by molar-refractivity contribution is 0.106. The van der Waals surface area contributed by atoms with Gasteiger partial charge in [-0.15, -0.1) is 0 Å². The monoisotopic (exact) mass is 308 g/mol. The number of nitrogens with one attached hydrogen (secondary N) is 1. The molecule has 1 aromatic heterocycles. The largest absolute Gasteiger partial charge is 0.457 e. The summed E-state index contributed by atoms with van der Waals surface area (Å²) in [5.74, 6) is 3.13. The normalized spacial score (nSPS) is 14.3. The van der Waals surface area contributed by atoms with Crippen LogP contribution in [0.1, 0.15) is 0 Å². The first-order valence-electron chi connectivity index (χ1n) is 7.22. The van der Waals surface area contributed by atoms with Gasteiger partial charge in [0.25, 0.3) is 0 Å². The molecule has 1 N–H and O–H groups in total. The Labute approximate surface area is 131 Å². The fourth-order valence-corrected chi connectivity index (χ4v) is 2.85. The Balaban J connectivity index is 1.67. The molecule has 2 aliphatic heterocycles. The molecule has 114 valence electrons. The van der Waals surface area contributed by atoms with E-state index >= 15 is 0 Å². The zero-order valence-corrected chi connectivity index (χ0v) is 12.0. The van der Waals surface area contributed by atoms with Gasteiger partial charge in [0.05, 0.1) is 17.7 Å². The van der Waals surface area contributed by atoms with Gasteiger partial charge in [0.2, 0.25) is 13.6 Å². The van der Waals surface area contributed by atoms with Gasteiger partial charge in [0, 0.05) is 23.3 Å². The van der Waals surface area contributed by atoms with Crippen molar-refractivity contribution in [1.82, 2.24) is 9.97 Å². The molecule has 0 radical (unpaired) electrons. The number of aromatic nitrogens is 2. The van der Waals surface area contributed by atoms with Gasteiger partial charge in [-0.05, 0) is 24.3 Å². The fraction of sp³-hybridized carbons (Fsp3) is 0.118. The number of nitrogens with zero attached hydrogens (tertiary/aromatic N) is 1. The number of fused-ring (bicyclic) bond motifs is 4. The van der Waals surface area contributed by atoms with Crippen molar-refractivity contribution in [1.29, 1.82) is 0 Å². The molecule has 0 saturated carbocycles. The molecule has 0 amide bonds. The molecule has 2 aromatic carbocycles. The predicted octanol–water partition coefficient (Wildman–Crippen LogP) is 3.20. The van der Waals surface area contributed by atoms with E-state index < -0.39 is 0 Å². The summed E-state index contributed by atoms with van der Waals surface area (Å²) in [6.07, 6.45) is 1.67. The van der Waals surface area contributed by atoms with Gasteiger partial charge in [-0.1, -0.05) is 0 Å². The SMILES string of the molecule is c1nc(-c2ccc3cc2OCO3)c(-c2ccc3cc2OCO3)[nH]1. The van der Waals surface area contributed by atoms with Crippen LogP contribution in [0, 0.1) is 0 Å². The summed E-state index contributed by atoms with van der Waals surface area (Å²) in [5.41, 5.74) is 3.55. The predicted molar refractivity (Wildman–Crippen MR) is 81.7 cm³/mol. The van der Waals surface area contributed by atoms with Crippen LogP contribution in [0.25, 0.3) is 22.5 Å². The Kier molecular flexibility index (Phi) is 2.52. The highest BCUT2D eigenvalue weighted by Crippen LogP contribution is 2.42. The van der Waals surface area contributed by atoms with Crippen LogP contribution in [0.5, 0.6) is 23.0 Å². The van der Waals surface area contributed by atoms with E-state index in [0.717, 1.165) is 45.5 Å². The van der Waals surface area contributed by atoms with Crippen LogP contribution < -0.4 is 18.9 Å². The molecular weight excluding hydrogens is 296 g/mol. The van der Waals surface area contributed by atoms with Crippen LogP contribution in [0.15, 0.2) is 42.7 Å². The first-order valence-corrected chi connectivity index (χ1v) is 7.22. The van der Waals surface area contributed by atoms with E-state index in [1.165, 1.54) is 0 Å². The summed E-state index contributed by atoms with van der Waals surface area (Å²) in [4.78, 5) is 7.68. The smallest absolute Gasteiger partial charge is 0.230 e. The maximum atomic E-state index is 5.59. The standard InChI is InChI=1S/C17H12N2O4/c1-3-12(14-5-10(1)20-8-22-14)16-17(19-7-18-16)13-4-2-11-6-15(13)23-9-21-11/h1-7H,8-9H2,(H,18,19). The van der Waals surface area contributed by atoms with Crippen molar-refractivity contribution in [3.63, 3.8) is 0 Å². The lowest BCUT2D eigenvalue weighted by Crippen LogP contribution is -2.11. The number of rotatable bonds is 2. The number of hydrogen-bond acceptors (Lipinski definition) is 5. The molecule has 2 aliphatic rings. The summed E-state index contributed by atoms with van der Waals surface area (Å²) in [6, 6.07) is 11.5. The quantitative estimate of drug-likeness (QED) is 0.787. The summed E-state index contributed by atoms with van der Waals surface area (Å²) >= 11 is 0. The number of H-pyrrole nitrogens is 1. The van der Waals surface area contributed by atoms with Gasteiger partial charge in [-0.25, -0.2) is 4.98 Å². The zero-order chi connectivity index (χ0) is 15.2. The van der Waals surface area contributed by atoms with Crippen molar-refractivity contribution >= 4 is 0 Å². The third kappa shape index (κ3) is 1.92. The number of benzene rings is 2. The Morgan fingerprint density at radius 3 is 2.17 bits per heavy atom. The summed E-state index contributed by atoms with van der Waals surface area (Å²) in [7, 11) is 0. The maximum Gasteiger partial charge on any atom is 0.230 e. The van der Waals surface area contributed by atoms with Crippen LogP contribution in [-0.2, 0) is 0 Å². The van der Waals surface area contributed by atoms with Crippen LogP contribution in [0.3, 0.4) is 0 Å². The van der Waals surface area contributed by atoms with Crippen molar-refractivity contribution in [3.8, 4) is 45.5 Å². The molecule has 4 bridgehead atoms. The second-order valence-corrected chi connectivity index (χ2v) is 5.26. The van der Waals surface area contributed by atoms with E-state index in [2.05, 4.69) is 9.97 Å². The Morgan fingerprint density at radius 2 is 1.43 bits per heavy atom. The molecule has 0 aliphatic carbocycles. The molecule has 0 fully saturated rings. The minimum Gasteiger partial charge on any atom is -0.457 e. The minimum atomic E-state index is 0.217. The molecule has 0 saturated heterocycles. The van der Waals surface area contributed by atoms with Crippen LogP contribution in [0.4, 0.5) is 0 Å². The summed E-state index contributed by atoms with van der Waals surface area (Å²) in [5, 5.41) is 0. The lowest BCUT2D eigenvalue weighted by atomic mass is 10.0. The molecule has 6 nitrogen and oxygen atoms in total. The van der Waals surface area contributed by atoms with Crippen molar-refractivity contribution in [2.45, 2.75) is 0 Å². The first-order chi connectivity index (χ1) is 11.4. The molecule has 23 heavy (non-hydrogen) atoms. The second-order valence-electron chi connectivity index (χ2n) is 5.26. The molecule has 3 heterocycles. The molecule has 0 atom stereocenters. The second kappa shape index (κ2) is 4.67. The molecule has 6 heteroatoms. The molecule has 0 spiro atoms. The number of imidazole rings is 1.